The van der Waals surface area contributed by atoms with Crippen LogP contribution in [0.25, 0.3) is 22.5 Å². The molecule has 13 nitrogen and oxygen atoms in total. The Morgan fingerprint density at radius 2 is 1.21 bits per heavy atom. The minimum Gasteiger partial charge on any atom is -0.480 e. The molecule has 1 aromatic carbocycles. The Hall–Kier alpha value is -3.22. The molecular formula is C33H39N9O4Sm. The van der Waals surface area contributed by atoms with Crippen LogP contribution in [0.3, 0.4) is 0 Å². The second-order valence-electron chi connectivity index (χ2n) is 11.9. The molecule has 0 aliphatic carbocycles. The van der Waals surface area contributed by atoms with Gasteiger partial charge in [-0.1, -0.05) is 41.6 Å². The number of carbonyl (C=O) groups is 2. The standard InChI is InChI=1S/C33H39N9O4.Sm/c43-32(44)23-40-13-9-38-10-14-41(24-33(45)46)16-12-39(11-15-40)21-28-17-26(25-5-2-1-3-6-25)18-29(35-28)22-42-31(19-34-37-42)30-8-4-7-27(20-38)36-30;/h1-8,17-19H,9-16,20-24H2,(H,43,44)(H,45,46);. The van der Waals surface area contributed by atoms with Gasteiger partial charge >= 0.3 is 11.9 Å². The van der Waals surface area contributed by atoms with E-state index in [0.29, 0.717) is 72.0 Å². The molecule has 47 heavy (non-hydrogen) atoms. The maximum absolute atomic E-state index is 11.8. The van der Waals surface area contributed by atoms with Crippen molar-refractivity contribution in [3.05, 3.63) is 83.9 Å². The van der Waals surface area contributed by atoms with E-state index in [-0.39, 0.29) is 53.5 Å². The van der Waals surface area contributed by atoms with Crippen molar-refractivity contribution >= 4 is 11.9 Å². The summed E-state index contributed by atoms with van der Waals surface area (Å²) < 4.78 is 1.84. The molecule has 3 aliphatic heterocycles. The van der Waals surface area contributed by atoms with Crippen molar-refractivity contribution in [3.8, 4) is 22.5 Å². The van der Waals surface area contributed by atoms with E-state index >= 15 is 0 Å². The predicted octanol–water partition coefficient (Wildman–Crippen LogP) is 1.85. The van der Waals surface area contributed by atoms with Crippen molar-refractivity contribution in [3.63, 3.8) is 0 Å². The minimum absolute atomic E-state index is 0. The van der Waals surface area contributed by atoms with E-state index in [4.69, 9.17) is 9.97 Å². The van der Waals surface area contributed by atoms with Crippen LogP contribution >= 0.6 is 0 Å². The van der Waals surface area contributed by atoms with Gasteiger partial charge in [-0.25, -0.2) is 9.67 Å². The number of nitrogens with zero attached hydrogens (tertiary/aromatic N) is 9. The third-order valence-electron chi connectivity index (χ3n) is 8.46. The predicted molar refractivity (Wildman–Crippen MR) is 171 cm³/mol. The van der Waals surface area contributed by atoms with E-state index < -0.39 is 11.9 Å². The topological polar surface area (TPSA) is 144 Å². The molecule has 0 unspecified atom stereocenters. The van der Waals surface area contributed by atoms with Gasteiger partial charge in [0.05, 0.1) is 48.6 Å². The van der Waals surface area contributed by atoms with Crippen molar-refractivity contribution in [1.29, 1.82) is 0 Å². The van der Waals surface area contributed by atoms with E-state index in [1.165, 1.54) is 0 Å². The van der Waals surface area contributed by atoms with E-state index in [2.05, 4.69) is 44.4 Å². The molecule has 0 spiro atoms. The minimum atomic E-state index is -0.860. The van der Waals surface area contributed by atoms with Crippen LogP contribution in [0.4, 0.5) is 0 Å². The molecule has 2 N–H and O–H groups in total. The van der Waals surface area contributed by atoms with Crippen molar-refractivity contribution in [2.24, 2.45) is 0 Å². The molecular weight excluding hydrogens is 737 g/mol. The smallest absolute Gasteiger partial charge is 0.317 e. The Morgan fingerprint density at radius 3 is 1.81 bits per heavy atom. The Bertz CT molecular complexity index is 1620. The number of hydrogen-bond donors (Lipinski definition) is 2. The van der Waals surface area contributed by atoms with Crippen molar-refractivity contribution in [2.45, 2.75) is 19.6 Å². The number of pyridine rings is 2. The largest absolute Gasteiger partial charge is 0.480 e. The first-order chi connectivity index (χ1) is 22.4. The molecule has 4 aromatic rings. The summed E-state index contributed by atoms with van der Waals surface area (Å²) in [5.74, 6) is -1.72. The molecule has 6 heterocycles. The summed E-state index contributed by atoms with van der Waals surface area (Å²) in [7, 11) is 0. The number of benzene rings is 1. The van der Waals surface area contributed by atoms with Gasteiger partial charge in [0.25, 0.3) is 0 Å². The van der Waals surface area contributed by atoms with Crippen LogP contribution in [0.5, 0.6) is 0 Å². The zero-order valence-corrected chi connectivity index (χ0v) is 28.8. The number of hydrogen-bond acceptors (Lipinski definition) is 10. The molecule has 14 heteroatoms. The van der Waals surface area contributed by atoms with Crippen LogP contribution < -0.4 is 0 Å². The maximum atomic E-state index is 11.8. The van der Waals surface area contributed by atoms with Gasteiger partial charge in [0.1, 0.15) is 5.69 Å². The first-order valence-corrected chi connectivity index (χ1v) is 15.6. The SMILES string of the molecule is O=C(O)CN1CCN2CCN(CC(=O)O)CCN(CC1)Cc1cccc(n1)-c1cnnn1Cc1cc(-c3ccccc3)cc(n1)C2.[Sm]. The molecule has 0 amide bonds. The Labute approximate surface area is 306 Å². The van der Waals surface area contributed by atoms with Crippen molar-refractivity contribution < 1.29 is 60.2 Å². The van der Waals surface area contributed by atoms with Gasteiger partial charge in [-0.05, 0) is 35.4 Å². The van der Waals surface area contributed by atoms with E-state index in [0.717, 1.165) is 39.6 Å². The zero-order chi connectivity index (χ0) is 31.9. The first-order valence-electron chi connectivity index (χ1n) is 15.6. The van der Waals surface area contributed by atoms with E-state index in [9.17, 15) is 19.8 Å². The molecule has 1 saturated heterocycles. The summed E-state index contributed by atoms with van der Waals surface area (Å²) in [6.45, 7) is 6.03. The maximum Gasteiger partial charge on any atom is 0.317 e. The molecule has 6 bridgehead atoms. The van der Waals surface area contributed by atoms with Gasteiger partial charge < -0.3 is 10.2 Å². The number of aliphatic carboxylic acids is 2. The van der Waals surface area contributed by atoms with Gasteiger partial charge in [0.2, 0.25) is 0 Å². The summed E-state index contributed by atoms with van der Waals surface area (Å²) in [5, 5.41) is 28.0. The number of carboxylic acid groups (broad SMARTS) is 2. The molecule has 3 aromatic heterocycles. The third kappa shape index (κ3) is 9.90. The van der Waals surface area contributed by atoms with Gasteiger partial charge in [-0.3, -0.25) is 34.2 Å². The zero-order valence-electron chi connectivity index (χ0n) is 26.2. The second kappa shape index (κ2) is 16.7. The van der Waals surface area contributed by atoms with E-state index in [1.807, 2.05) is 50.9 Å². The van der Waals surface area contributed by atoms with Crippen LogP contribution in [-0.2, 0) is 29.2 Å². The van der Waals surface area contributed by atoms with Gasteiger partial charge in [0.15, 0.2) is 0 Å². The molecule has 0 saturated carbocycles. The summed E-state index contributed by atoms with van der Waals surface area (Å²) >= 11 is 0. The fraction of sp³-hybridized carbons (Fsp3) is 0.394. The Balaban J connectivity index is 0.00000433. The fourth-order valence-electron chi connectivity index (χ4n) is 6.10. The van der Waals surface area contributed by atoms with Crippen LogP contribution in [0.1, 0.15) is 17.1 Å². The van der Waals surface area contributed by atoms with Crippen molar-refractivity contribution in [2.75, 3.05) is 65.4 Å². The number of carboxylic acids is 2. The summed E-state index contributed by atoms with van der Waals surface area (Å²) in [5.41, 5.74) is 6.18. The average molecular weight is 776 g/mol. The summed E-state index contributed by atoms with van der Waals surface area (Å²) in [6, 6.07) is 20.2. The molecule has 0 radical (unpaired) electrons. The normalized spacial score (nSPS) is 19.6. The molecule has 1 fully saturated rings. The van der Waals surface area contributed by atoms with Gasteiger partial charge in [-0.15, -0.1) is 5.10 Å². The van der Waals surface area contributed by atoms with Crippen LogP contribution in [0.15, 0.2) is 66.9 Å². The molecule has 246 valence electrons. The first kappa shape index (κ1) is 35.1. The van der Waals surface area contributed by atoms with Gasteiger partial charge in [-0.2, -0.15) is 0 Å². The molecule has 3 aliphatic rings. The second-order valence-corrected chi connectivity index (χ2v) is 11.9. The number of fused-ring (bicyclic) bond motifs is 8. The number of rotatable bonds is 5. The third-order valence-corrected chi connectivity index (χ3v) is 8.46. The monoisotopic (exact) mass is 777 g/mol. The van der Waals surface area contributed by atoms with Crippen molar-refractivity contribution in [1.82, 2.24) is 44.6 Å². The van der Waals surface area contributed by atoms with Crippen LogP contribution in [0, 0.1) is 40.4 Å². The fourth-order valence-corrected chi connectivity index (χ4v) is 6.10. The molecule has 7 rings (SSSR count). The Kier molecular flexibility index (Phi) is 12.5. The quantitative estimate of drug-likeness (QED) is 0.306. The van der Waals surface area contributed by atoms with Gasteiger partial charge in [0, 0.05) is 106 Å². The summed E-state index contributed by atoms with van der Waals surface area (Å²) in [6.07, 6.45) is 1.72. The number of aromatic nitrogens is 5. The average Bonchev–Trinajstić information content (AvgIpc) is 3.50. The summed E-state index contributed by atoms with van der Waals surface area (Å²) in [4.78, 5) is 42.2. The van der Waals surface area contributed by atoms with Crippen LogP contribution in [0.2, 0.25) is 0 Å². The van der Waals surface area contributed by atoms with Crippen LogP contribution in [-0.4, -0.2) is 132 Å². The Morgan fingerprint density at radius 1 is 0.638 bits per heavy atom. The molecule has 0 atom stereocenters. The van der Waals surface area contributed by atoms with E-state index in [1.54, 1.807) is 6.20 Å².